The van der Waals surface area contributed by atoms with Gasteiger partial charge in [-0.15, -0.1) is 0 Å². The van der Waals surface area contributed by atoms with Crippen molar-refractivity contribution in [3.8, 4) is 11.8 Å². The van der Waals surface area contributed by atoms with E-state index in [0.717, 1.165) is 12.8 Å². The number of rotatable bonds is 7. The van der Waals surface area contributed by atoms with Gasteiger partial charge in [-0.05, 0) is 24.5 Å². The van der Waals surface area contributed by atoms with E-state index in [4.69, 9.17) is 0 Å². The zero-order valence-electron chi connectivity index (χ0n) is 12.7. The van der Waals surface area contributed by atoms with Crippen LogP contribution in [0.1, 0.15) is 33.6 Å². The van der Waals surface area contributed by atoms with Crippen LogP contribution in [0.25, 0.3) is 0 Å². The van der Waals surface area contributed by atoms with Crippen LogP contribution in [0, 0.1) is 17.8 Å². The van der Waals surface area contributed by atoms with Gasteiger partial charge in [-0.2, -0.15) is 0 Å². The third kappa shape index (κ3) is 14.1. The average molecular weight is 271 g/mol. The molecular weight excluding hydrogens is 246 g/mol. The second kappa shape index (κ2) is 13.4. The Bertz CT molecular complexity index is 428. The number of carbonyl (C=O) groups is 1. The fourth-order valence-electron chi connectivity index (χ4n) is 1.14. The van der Waals surface area contributed by atoms with Gasteiger partial charge in [0.15, 0.2) is 0 Å². The molecular formula is C18H25NO. The lowest BCUT2D eigenvalue weighted by molar-refractivity contribution is -0.116. The molecule has 0 saturated heterocycles. The molecule has 0 aromatic rings. The molecule has 0 bridgehead atoms. The summed E-state index contributed by atoms with van der Waals surface area (Å²) in [6.45, 7) is 6.97. The first-order valence-electron chi connectivity index (χ1n) is 7.10. The smallest absolute Gasteiger partial charge is 0.243 e. The van der Waals surface area contributed by atoms with Crippen molar-refractivity contribution in [1.82, 2.24) is 5.32 Å². The predicted octanol–water partition coefficient (Wildman–Crippen LogP) is 3.79. The summed E-state index contributed by atoms with van der Waals surface area (Å²) in [6.07, 6.45) is 16.7. The van der Waals surface area contributed by atoms with Crippen LogP contribution >= 0.6 is 0 Å². The molecule has 0 aromatic carbocycles. The maximum atomic E-state index is 11.3. The molecule has 0 fully saturated rings. The summed E-state index contributed by atoms with van der Waals surface area (Å²) >= 11 is 0. The van der Waals surface area contributed by atoms with E-state index in [1.54, 1.807) is 18.2 Å². The first-order chi connectivity index (χ1) is 9.66. The van der Waals surface area contributed by atoms with Gasteiger partial charge >= 0.3 is 0 Å². The molecule has 1 amide bonds. The third-order valence-electron chi connectivity index (χ3n) is 2.18. The first-order valence-corrected chi connectivity index (χ1v) is 7.10. The van der Waals surface area contributed by atoms with E-state index in [2.05, 4.69) is 44.0 Å². The Morgan fingerprint density at radius 2 is 1.80 bits per heavy atom. The summed E-state index contributed by atoms with van der Waals surface area (Å²) in [5.41, 5.74) is 0. The molecule has 0 saturated carbocycles. The molecule has 2 nitrogen and oxygen atoms in total. The highest BCUT2D eigenvalue weighted by molar-refractivity contribution is 5.87. The van der Waals surface area contributed by atoms with Crippen LogP contribution in [0.5, 0.6) is 0 Å². The van der Waals surface area contributed by atoms with Crippen LogP contribution in [-0.2, 0) is 4.79 Å². The minimum Gasteiger partial charge on any atom is -0.352 e. The normalized spacial score (nSPS) is 11.8. The lowest BCUT2D eigenvalue weighted by Gasteiger charge is -2.03. The Morgan fingerprint density at radius 1 is 1.10 bits per heavy atom. The van der Waals surface area contributed by atoms with Gasteiger partial charge in [0.2, 0.25) is 5.91 Å². The lowest BCUT2D eigenvalue weighted by Crippen LogP contribution is -2.25. The van der Waals surface area contributed by atoms with Crippen molar-refractivity contribution in [2.24, 2.45) is 5.92 Å². The van der Waals surface area contributed by atoms with E-state index in [9.17, 15) is 4.79 Å². The van der Waals surface area contributed by atoms with E-state index in [1.807, 2.05) is 18.2 Å². The molecule has 0 aromatic heterocycles. The van der Waals surface area contributed by atoms with Gasteiger partial charge < -0.3 is 5.32 Å². The summed E-state index contributed by atoms with van der Waals surface area (Å²) in [5.74, 6) is 6.23. The molecule has 0 radical (unpaired) electrons. The molecule has 1 N–H and O–H groups in total. The van der Waals surface area contributed by atoms with Crippen LogP contribution in [0.4, 0.5) is 0 Å². The van der Waals surface area contributed by atoms with Gasteiger partial charge in [-0.3, -0.25) is 4.79 Å². The van der Waals surface area contributed by atoms with Gasteiger partial charge in [0.25, 0.3) is 0 Å². The van der Waals surface area contributed by atoms with Gasteiger partial charge in [-0.1, -0.05) is 69.4 Å². The molecule has 0 aliphatic rings. The fraction of sp³-hybridized carbons (Fsp3) is 0.389. The van der Waals surface area contributed by atoms with Gasteiger partial charge in [0, 0.05) is 12.6 Å². The van der Waals surface area contributed by atoms with Crippen LogP contribution in [0.2, 0.25) is 0 Å². The highest BCUT2D eigenvalue weighted by Gasteiger charge is 1.95. The molecule has 0 aliphatic carbocycles. The zero-order valence-corrected chi connectivity index (χ0v) is 12.7. The predicted molar refractivity (Wildman–Crippen MR) is 87.1 cm³/mol. The number of carbonyl (C=O) groups excluding carboxylic acids is 1. The highest BCUT2D eigenvalue weighted by atomic mass is 16.1. The van der Waals surface area contributed by atoms with E-state index in [-0.39, 0.29) is 5.91 Å². The van der Waals surface area contributed by atoms with Crippen molar-refractivity contribution in [3.63, 3.8) is 0 Å². The Morgan fingerprint density at radius 3 is 2.50 bits per heavy atom. The minimum absolute atomic E-state index is 0.0619. The Kier molecular flexibility index (Phi) is 12.1. The number of unbranched alkanes of at least 4 members (excludes halogenated alkanes) is 1. The van der Waals surface area contributed by atoms with Crippen molar-refractivity contribution in [2.75, 3.05) is 6.54 Å². The zero-order chi connectivity index (χ0) is 15.1. The van der Waals surface area contributed by atoms with Crippen LogP contribution in [-0.4, -0.2) is 12.5 Å². The van der Waals surface area contributed by atoms with E-state index in [1.165, 1.54) is 6.08 Å². The molecule has 0 spiro atoms. The van der Waals surface area contributed by atoms with Crippen molar-refractivity contribution >= 4 is 5.91 Å². The molecule has 108 valence electrons. The van der Waals surface area contributed by atoms with Crippen molar-refractivity contribution < 1.29 is 4.79 Å². The summed E-state index contributed by atoms with van der Waals surface area (Å²) < 4.78 is 0. The second-order valence-corrected chi connectivity index (χ2v) is 4.72. The van der Waals surface area contributed by atoms with Crippen molar-refractivity contribution in [3.05, 3.63) is 48.6 Å². The Labute approximate surface area is 123 Å². The molecule has 0 aliphatic heterocycles. The fourth-order valence-corrected chi connectivity index (χ4v) is 1.14. The minimum atomic E-state index is -0.0619. The standard InChI is InChI=1S/C18H25NO/c1-4-5-6-7-8-9-10-11-12-13-14-15-18(20)19-16-17(2)3/h6-7,10-15,17H,4-5,16H2,1-3H3,(H,19,20)/b7-6+,11-10+,13-12+,15-14+. The Hall–Kier alpha value is -2.01. The number of nitrogens with one attached hydrogen (secondary N) is 1. The van der Waals surface area contributed by atoms with Crippen LogP contribution in [0.15, 0.2) is 48.6 Å². The number of allylic oxidation sites excluding steroid dienone is 7. The first kappa shape index (κ1) is 18.0. The second-order valence-electron chi connectivity index (χ2n) is 4.72. The number of hydrogen-bond acceptors (Lipinski definition) is 1. The molecule has 20 heavy (non-hydrogen) atoms. The monoisotopic (exact) mass is 271 g/mol. The largest absolute Gasteiger partial charge is 0.352 e. The highest BCUT2D eigenvalue weighted by Crippen LogP contribution is 1.88. The van der Waals surface area contributed by atoms with Crippen molar-refractivity contribution in [1.29, 1.82) is 0 Å². The number of amides is 1. The van der Waals surface area contributed by atoms with E-state index < -0.39 is 0 Å². The molecule has 2 heteroatoms. The van der Waals surface area contributed by atoms with Gasteiger partial charge in [0.1, 0.15) is 0 Å². The molecule has 0 heterocycles. The Balaban J connectivity index is 3.87. The van der Waals surface area contributed by atoms with Crippen LogP contribution < -0.4 is 5.32 Å². The SMILES string of the molecule is CCC/C=C/C#C/C=C/C=C/C=C/C(=O)NCC(C)C. The number of hydrogen-bond donors (Lipinski definition) is 1. The summed E-state index contributed by atoms with van der Waals surface area (Å²) in [6, 6.07) is 0. The van der Waals surface area contributed by atoms with Gasteiger partial charge in [-0.25, -0.2) is 0 Å². The summed E-state index contributed by atoms with van der Waals surface area (Å²) in [7, 11) is 0. The molecule has 0 rings (SSSR count). The summed E-state index contributed by atoms with van der Waals surface area (Å²) in [4.78, 5) is 11.3. The van der Waals surface area contributed by atoms with Crippen LogP contribution in [0.3, 0.4) is 0 Å². The van der Waals surface area contributed by atoms with Crippen molar-refractivity contribution in [2.45, 2.75) is 33.6 Å². The topological polar surface area (TPSA) is 29.1 Å². The third-order valence-corrected chi connectivity index (χ3v) is 2.18. The van der Waals surface area contributed by atoms with Gasteiger partial charge in [0.05, 0.1) is 0 Å². The molecule has 0 unspecified atom stereocenters. The van der Waals surface area contributed by atoms with E-state index >= 15 is 0 Å². The maximum absolute atomic E-state index is 11.3. The lowest BCUT2D eigenvalue weighted by atomic mass is 10.2. The molecule has 0 atom stereocenters. The maximum Gasteiger partial charge on any atom is 0.243 e. The average Bonchev–Trinajstić information content (AvgIpc) is 2.42. The summed E-state index contributed by atoms with van der Waals surface area (Å²) in [5, 5.41) is 2.81. The quantitative estimate of drug-likeness (QED) is 0.426. The van der Waals surface area contributed by atoms with E-state index in [0.29, 0.717) is 12.5 Å².